The van der Waals surface area contributed by atoms with Gasteiger partial charge in [0, 0.05) is 18.2 Å². The summed E-state index contributed by atoms with van der Waals surface area (Å²) in [6.07, 6.45) is 2.66. The number of nitro groups is 1. The van der Waals surface area contributed by atoms with Gasteiger partial charge < -0.3 is 0 Å². The van der Waals surface area contributed by atoms with Crippen molar-refractivity contribution in [2.24, 2.45) is 10.9 Å². The van der Waals surface area contributed by atoms with Crippen molar-refractivity contribution in [1.82, 2.24) is 4.90 Å². The van der Waals surface area contributed by atoms with Gasteiger partial charge in [0.05, 0.1) is 15.5 Å². The van der Waals surface area contributed by atoms with E-state index in [2.05, 4.69) is 18.8 Å². The summed E-state index contributed by atoms with van der Waals surface area (Å²) in [4.78, 5) is 30.8. The summed E-state index contributed by atoms with van der Waals surface area (Å²) in [5.41, 5.74) is 2.04. The second-order valence-electron chi connectivity index (χ2n) is 7.07. The Bertz CT molecular complexity index is 986. The third-order valence-corrected chi connectivity index (χ3v) is 5.79. The van der Waals surface area contributed by atoms with Crippen LogP contribution < -0.4 is 0 Å². The smallest absolute Gasteiger partial charge is 0.272 e. The molecule has 6 nitrogen and oxygen atoms in total. The van der Waals surface area contributed by atoms with Crippen molar-refractivity contribution in [3.05, 3.63) is 74.7 Å². The van der Waals surface area contributed by atoms with Gasteiger partial charge in [0.1, 0.15) is 0 Å². The summed E-state index contributed by atoms with van der Waals surface area (Å²) < 4.78 is 0. The van der Waals surface area contributed by atoms with Crippen molar-refractivity contribution in [2.75, 3.05) is 6.54 Å². The predicted molar refractivity (Wildman–Crippen MR) is 118 cm³/mol. The Morgan fingerprint density at radius 2 is 1.97 bits per heavy atom. The Balaban J connectivity index is 1.97. The van der Waals surface area contributed by atoms with E-state index in [1.54, 1.807) is 30.0 Å². The van der Waals surface area contributed by atoms with E-state index in [0.717, 1.165) is 12.1 Å². The fourth-order valence-electron chi connectivity index (χ4n) is 2.87. The van der Waals surface area contributed by atoms with Crippen molar-refractivity contribution in [3.63, 3.8) is 0 Å². The molecule has 0 saturated carbocycles. The maximum absolute atomic E-state index is 13.1. The molecule has 0 bridgehead atoms. The molecule has 0 radical (unpaired) electrons. The third kappa shape index (κ3) is 4.92. The van der Waals surface area contributed by atoms with Crippen molar-refractivity contribution in [2.45, 2.75) is 27.2 Å². The zero-order chi connectivity index (χ0) is 21.0. The Morgan fingerprint density at radius 3 is 2.62 bits per heavy atom. The summed E-state index contributed by atoms with van der Waals surface area (Å²) >= 11 is 1.31. The number of aliphatic imine (C=N–C) groups is 1. The number of amidine groups is 1. The molecule has 29 heavy (non-hydrogen) atoms. The van der Waals surface area contributed by atoms with E-state index in [4.69, 9.17) is 0 Å². The normalized spacial score (nSPS) is 17.9. The van der Waals surface area contributed by atoms with Crippen LogP contribution in [0.2, 0.25) is 0 Å². The first kappa shape index (κ1) is 20.8. The number of rotatable bonds is 6. The van der Waals surface area contributed by atoms with Crippen LogP contribution in [-0.2, 0) is 4.79 Å². The molecule has 1 aliphatic rings. The average Bonchev–Trinajstić information content (AvgIpc) is 2.98. The molecule has 1 aliphatic heterocycles. The minimum Gasteiger partial charge on any atom is -0.286 e. The van der Waals surface area contributed by atoms with Crippen LogP contribution in [-0.4, -0.2) is 27.4 Å². The fourth-order valence-corrected chi connectivity index (χ4v) is 3.88. The number of benzene rings is 2. The molecule has 2 aromatic rings. The minimum absolute atomic E-state index is 0.0458. The monoisotopic (exact) mass is 409 g/mol. The predicted octanol–water partition coefficient (Wildman–Crippen LogP) is 5.55. The number of nitrogens with zero attached hydrogens (tertiary/aromatic N) is 3. The first-order chi connectivity index (χ1) is 13.9. The van der Waals surface area contributed by atoms with Crippen LogP contribution in [0.3, 0.4) is 0 Å². The number of nitro benzene ring substituents is 1. The number of carbonyl (C=O) groups is 1. The van der Waals surface area contributed by atoms with Gasteiger partial charge in [0.15, 0.2) is 5.17 Å². The molecule has 3 rings (SSSR count). The third-order valence-electron chi connectivity index (χ3n) is 4.79. The summed E-state index contributed by atoms with van der Waals surface area (Å²) in [7, 11) is 0. The molecule has 1 atom stereocenters. The van der Waals surface area contributed by atoms with Gasteiger partial charge in [-0.25, -0.2) is 4.99 Å². The topological polar surface area (TPSA) is 75.8 Å². The molecule has 150 valence electrons. The number of aryl methyl sites for hydroxylation is 1. The zero-order valence-corrected chi connectivity index (χ0v) is 17.5. The van der Waals surface area contributed by atoms with Gasteiger partial charge in [0.2, 0.25) is 0 Å². The Hall–Kier alpha value is -2.93. The Labute approximate surface area is 174 Å². The van der Waals surface area contributed by atoms with Crippen molar-refractivity contribution in [1.29, 1.82) is 0 Å². The van der Waals surface area contributed by atoms with E-state index in [9.17, 15) is 14.9 Å². The molecular formula is C22H23N3O3S. The van der Waals surface area contributed by atoms with Gasteiger partial charge in [0.25, 0.3) is 11.6 Å². The molecule has 1 fully saturated rings. The van der Waals surface area contributed by atoms with Crippen LogP contribution in [0.4, 0.5) is 11.4 Å². The maximum Gasteiger partial charge on any atom is 0.272 e. The van der Waals surface area contributed by atoms with Crippen molar-refractivity contribution < 1.29 is 9.72 Å². The van der Waals surface area contributed by atoms with Gasteiger partial charge in [-0.1, -0.05) is 50.6 Å². The van der Waals surface area contributed by atoms with E-state index < -0.39 is 4.92 Å². The molecule has 0 N–H and O–H groups in total. The zero-order valence-electron chi connectivity index (χ0n) is 16.7. The van der Waals surface area contributed by atoms with Gasteiger partial charge >= 0.3 is 0 Å². The number of thioether (sulfide) groups is 1. The van der Waals surface area contributed by atoms with Crippen LogP contribution in [0.1, 0.15) is 31.4 Å². The molecule has 1 saturated heterocycles. The first-order valence-corrected chi connectivity index (χ1v) is 10.3. The Morgan fingerprint density at radius 1 is 1.24 bits per heavy atom. The van der Waals surface area contributed by atoms with Crippen LogP contribution in [0.5, 0.6) is 0 Å². The summed E-state index contributed by atoms with van der Waals surface area (Å²) in [6, 6.07) is 14.5. The fraction of sp³-hybridized carbons (Fsp3) is 0.273. The van der Waals surface area contributed by atoms with Gasteiger partial charge in [-0.2, -0.15) is 0 Å². The van der Waals surface area contributed by atoms with Crippen LogP contribution in [0.25, 0.3) is 6.08 Å². The number of hydrogen-bond donors (Lipinski definition) is 0. The molecule has 1 heterocycles. The van der Waals surface area contributed by atoms with Crippen LogP contribution in [0, 0.1) is 23.0 Å². The summed E-state index contributed by atoms with van der Waals surface area (Å²) in [6.45, 7) is 6.47. The molecule has 0 spiro atoms. The molecule has 0 aromatic heterocycles. The standard InChI is InChI=1S/C22H23N3O3S/c1-4-15(2)14-24-21(26)20(29-22(24)23-18-8-6-5-7-9-18)13-17-11-10-16(3)19(12-17)25(27)28/h5-13,15H,4,14H2,1-3H3. The second-order valence-corrected chi connectivity index (χ2v) is 8.08. The molecule has 1 amide bonds. The largest absolute Gasteiger partial charge is 0.286 e. The van der Waals surface area contributed by atoms with Crippen LogP contribution >= 0.6 is 11.8 Å². The molecule has 2 aromatic carbocycles. The number of amides is 1. The molecule has 7 heteroatoms. The minimum atomic E-state index is -0.404. The second kappa shape index (κ2) is 9.05. The SMILES string of the molecule is CCC(C)CN1C(=O)C(=Cc2ccc(C)c([N+](=O)[O-])c2)SC1=Nc1ccccc1. The highest BCUT2D eigenvalue weighted by atomic mass is 32.2. The highest BCUT2D eigenvalue weighted by Gasteiger charge is 2.34. The number of para-hydroxylation sites is 1. The van der Waals surface area contributed by atoms with E-state index in [1.165, 1.54) is 17.8 Å². The van der Waals surface area contributed by atoms with E-state index in [1.807, 2.05) is 30.3 Å². The Kier molecular flexibility index (Phi) is 6.49. The average molecular weight is 410 g/mol. The van der Waals surface area contributed by atoms with Gasteiger partial charge in [-0.15, -0.1) is 0 Å². The maximum atomic E-state index is 13.1. The van der Waals surface area contributed by atoms with Gasteiger partial charge in [-0.05, 0) is 48.4 Å². The lowest BCUT2D eigenvalue weighted by molar-refractivity contribution is -0.385. The number of carbonyl (C=O) groups excluding carboxylic acids is 1. The van der Waals surface area contributed by atoms with Crippen molar-refractivity contribution in [3.8, 4) is 0 Å². The van der Waals surface area contributed by atoms with E-state index >= 15 is 0 Å². The lowest BCUT2D eigenvalue weighted by atomic mass is 10.1. The van der Waals surface area contributed by atoms with Crippen molar-refractivity contribution >= 4 is 40.3 Å². The summed E-state index contributed by atoms with van der Waals surface area (Å²) in [5.74, 6) is 0.216. The highest BCUT2D eigenvalue weighted by molar-refractivity contribution is 8.18. The highest BCUT2D eigenvalue weighted by Crippen LogP contribution is 2.35. The molecule has 1 unspecified atom stereocenters. The quantitative estimate of drug-likeness (QED) is 0.356. The molecular weight excluding hydrogens is 386 g/mol. The summed E-state index contributed by atoms with van der Waals surface area (Å²) in [5, 5.41) is 11.9. The first-order valence-electron chi connectivity index (χ1n) is 9.49. The van der Waals surface area contributed by atoms with Gasteiger partial charge in [-0.3, -0.25) is 19.8 Å². The van der Waals surface area contributed by atoms with E-state index in [0.29, 0.717) is 33.7 Å². The lowest BCUT2D eigenvalue weighted by Crippen LogP contribution is -2.33. The molecule has 0 aliphatic carbocycles. The van der Waals surface area contributed by atoms with Crippen LogP contribution in [0.15, 0.2) is 58.4 Å². The lowest BCUT2D eigenvalue weighted by Gasteiger charge is -2.19. The number of hydrogen-bond acceptors (Lipinski definition) is 5. The van der Waals surface area contributed by atoms with E-state index in [-0.39, 0.29) is 11.6 Å².